The average Bonchev–Trinajstić information content (AvgIpc) is 2.51. The number of halogens is 3. The SMILES string of the molecule is NC(=O)c1ccc(NCCOc2ncccc2C(F)(F)F)nn1. The van der Waals surface area contributed by atoms with Gasteiger partial charge in [-0.05, 0) is 24.3 Å². The van der Waals surface area contributed by atoms with Gasteiger partial charge in [-0.1, -0.05) is 0 Å². The van der Waals surface area contributed by atoms with Crippen molar-refractivity contribution in [3.63, 3.8) is 0 Å². The molecule has 3 N–H and O–H groups in total. The van der Waals surface area contributed by atoms with Crippen LogP contribution in [-0.4, -0.2) is 34.2 Å². The van der Waals surface area contributed by atoms with Crippen LogP contribution in [0.15, 0.2) is 30.5 Å². The van der Waals surface area contributed by atoms with Crippen LogP contribution >= 0.6 is 0 Å². The van der Waals surface area contributed by atoms with Crippen molar-refractivity contribution in [3.8, 4) is 5.88 Å². The number of nitrogens with zero attached hydrogens (tertiary/aromatic N) is 3. The van der Waals surface area contributed by atoms with Crippen molar-refractivity contribution in [2.24, 2.45) is 5.73 Å². The van der Waals surface area contributed by atoms with Gasteiger partial charge in [0.2, 0.25) is 5.88 Å². The number of alkyl halides is 3. The Balaban J connectivity index is 1.87. The molecule has 2 rings (SSSR count). The Kier molecular flexibility index (Phi) is 4.94. The van der Waals surface area contributed by atoms with Gasteiger partial charge in [-0.15, -0.1) is 10.2 Å². The van der Waals surface area contributed by atoms with E-state index in [1.807, 2.05) is 0 Å². The predicted molar refractivity (Wildman–Crippen MR) is 73.8 cm³/mol. The van der Waals surface area contributed by atoms with Crippen molar-refractivity contribution in [3.05, 3.63) is 41.7 Å². The van der Waals surface area contributed by atoms with Gasteiger partial charge in [0, 0.05) is 6.20 Å². The molecule has 0 aliphatic heterocycles. The summed E-state index contributed by atoms with van der Waals surface area (Å²) in [5.41, 5.74) is 4.09. The maximum atomic E-state index is 12.7. The van der Waals surface area contributed by atoms with Crippen molar-refractivity contribution < 1.29 is 22.7 Å². The highest BCUT2D eigenvalue weighted by atomic mass is 19.4. The molecule has 0 aliphatic rings. The van der Waals surface area contributed by atoms with E-state index in [2.05, 4.69) is 20.5 Å². The summed E-state index contributed by atoms with van der Waals surface area (Å²) in [4.78, 5) is 14.4. The number of carbonyl (C=O) groups excluding carboxylic acids is 1. The van der Waals surface area contributed by atoms with E-state index < -0.39 is 23.5 Å². The Morgan fingerprint density at radius 1 is 1.26 bits per heavy atom. The number of primary amides is 1. The molecule has 2 aromatic heterocycles. The summed E-state index contributed by atoms with van der Waals surface area (Å²) in [5, 5.41) is 10.0. The average molecular weight is 327 g/mol. The molecular weight excluding hydrogens is 315 g/mol. The zero-order valence-corrected chi connectivity index (χ0v) is 11.7. The summed E-state index contributed by atoms with van der Waals surface area (Å²) < 4.78 is 43.2. The molecule has 0 saturated heterocycles. The lowest BCUT2D eigenvalue weighted by Gasteiger charge is -2.12. The van der Waals surface area contributed by atoms with Gasteiger partial charge in [0.05, 0.1) is 6.54 Å². The largest absolute Gasteiger partial charge is 0.475 e. The van der Waals surface area contributed by atoms with E-state index in [1.54, 1.807) is 0 Å². The molecule has 0 atom stereocenters. The number of pyridine rings is 1. The molecule has 0 bridgehead atoms. The molecule has 0 aliphatic carbocycles. The Morgan fingerprint density at radius 3 is 2.65 bits per heavy atom. The molecule has 2 aromatic rings. The minimum absolute atomic E-state index is 0.00936. The summed E-state index contributed by atoms with van der Waals surface area (Å²) in [7, 11) is 0. The summed E-state index contributed by atoms with van der Waals surface area (Å²) in [5.74, 6) is -0.866. The van der Waals surface area contributed by atoms with E-state index >= 15 is 0 Å². The van der Waals surface area contributed by atoms with Gasteiger partial charge in [-0.3, -0.25) is 4.79 Å². The molecule has 0 saturated carbocycles. The van der Waals surface area contributed by atoms with Gasteiger partial charge in [0.15, 0.2) is 5.69 Å². The second-order valence-electron chi connectivity index (χ2n) is 4.30. The Hall–Kier alpha value is -2.91. The number of carbonyl (C=O) groups is 1. The van der Waals surface area contributed by atoms with Crippen LogP contribution in [0.1, 0.15) is 16.1 Å². The summed E-state index contributed by atoms with van der Waals surface area (Å²) >= 11 is 0. The lowest BCUT2D eigenvalue weighted by molar-refractivity contribution is -0.139. The van der Waals surface area contributed by atoms with Crippen molar-refractivity contribution >= 4 is 11.7 Å². The highest BCUT2D eigenvalue weighted by Gasteiger charge is 2.34. The number of hydrogen-bond donors (Lipinski definition) is 2. The van der Waals surface area contributed by atoms with Gasteiger partial charge >= 0.3 is 6.18 Å². The molecular formula is C13H12F3N5O2. The van der Waals surface area contributed by atoms with Crippen LogP contribution in [0.3, 0.4) is 0 Å². The number of nitrogens with one attached hydrogen (secondary N) is 1. The third kappa shape index (κ3) is 4.53. The maximum absolute atomic E-state index is 12.7. The lowest BCUT2D eigenvalue weighted by Crippen LogP contribution is -2.17. The van der Waals surface area contributed by atoms with E-state index in [9.17, 15) is 18.0 Å². The smallest absolute Gasteiger partial charge is 0.421 e. The van der Waals surface area contributed by atoms with Crippen molar-refractivity contribution in [2.75, 3.05) is 18.5 Å². The summed E-state index contributed by atoms with van der Waals surface area (Å²) in [6, 6.07) is 4.92. The van der Waals surface area contributed by atoms with Crippen LogP contribution in [0, 0.1) is 0 Å². The standard InChI is InChI=1S/C13H12F3N5O2/c14-13(15,16)8-2-1-5-19-12(8)23-7-6-18-10-4-3-9(11(17)22)20-21-10/h1-5H,6-7H2,(H2,17,22)(H,18,21). The van der Waals surface area contributed by atoms with E-state index in [4.69, 9.17) is 10.5 Å². The van der Waals surface area contributed by atoms with E-state index in [0.717, 1.165) is 6.07 Å². The molecule has 0 aromatic carbocycles. The number of amides is 1. The van der Waals surface area contributed by atoms with Gasteiger partial charge in [0.1, 0.15) is 18.0 Å². The van der Waals surface area contributed by atoms with Crippen molar-refractivity contribution in [1.82, 2.24) is 15.2 Å². The topological polar surface area (TPSA) is 103 Å². The maximum Gasteiger partial charge on any atom is 0.421 e. The normalized spacial score (nSPS) is 11.1. The molecule has 7 nitrogen and oxygen atoms in total. The predicted octanol–water partition coefficient (Wildman–Crippen LogP) is 1.48. The number of ether oxygens (including phenoxy) is 1. The number of aromatic nitrogens is 3. The zero-order valence-electron chi connectivity index (χ0n) is 11.7. The van der Waals surface area contributed by atoms with Crippen molar-refractivity contribution in [2.45, 2.75) is 6.18 Å². The van der Waals surface area contributed by atoms with Gasteiger partial charge in [-0.25, -0.2) is 4.98 Å². The first-order valence-electron chi connectivity index (χ1n) is 6.40. The van der Waals surface area contributed by atoms with Gasteiger partial charge < -0.3 is 15.8 Å². The Labute approximate surface area is 128 Å². The first kappa shape index (κ1) is 16.5. The molecule has 0 unspecified atom stereocenters. The third-order valence-corrected chi connectivity index (χ3v) is 2.64. The van der Waals surface area contributed by atoms with Crippen LogP contribution < -0.4 is 15.8 Å². The third-order valence-electron chi connectivity index (χ3n) is 2.64. The first-order valence-corrected chi connectivity index (χ1v) is 6.40. The van der Waals surface area contributed by atoms with E-state index in [-0.39, 0.29) is 18.8 Å². The van der Waals surface area contributed by atoms with Gasteiger partial charge in [-0.2, -0.15) is 13.2 Å². The fourth-order valence-corrected chi connectivity index (χ4v) is 1.61. The van der Waals surface area contributed by atoms with Crippen LogP contribution in [0.4, 0.5) is 19.0 Å². The number of rotatable bonds is 6. The number of nitrogens with two attached hydrogens (primary N) is 1. The molecule has 0 radical (unpaired) electrons. The second-order valence-corrected chi connectivity index (χ2v) is 4.30. The fraction of sp³-hybridized carbons (Fsp3) is 0.231. The quantitative estimate of drug-likeness (QED) is 0.779. The Bertz CT molecular complexity index is 676. The highest BCUT2D eigenvalue weighted by Crippen LogP contribution is 2.34. The van der Waals surface area contributed by atoms with Crippen LogP contribution in [-0.2, 0) is 6.18 Å². The minimum Gasteiger partial charge on any atom is -0.475 e. The van der Waals surface area contributed by atoms with Crippen LogP contribution in [0.2, 0.25) is 0 Å². The van der Waals surface area contributed by atoms with E-state index in [0.29, 0.717) is 5.82 Å². The van der Waals surface area contributed by atoms with Gasteiger partial charge in [0.25, 0.3) is 5.91 Å². The molecule has 1 amide bonds. The number of anilines is 1. The Morgan fingerprint density at radius 2 is 2.04 bits per heavy atom. The monoisotopic (exact) mass is 327 g/mol. The van der Waals surface area contributed by atoms with Crippen LogP contribution in [0.25, 0.3) is 0 Å². The lowest BCUT2D eigenvalue weighted by atomic mass is 10.2. The van der Waals surface area contributed by atoms with Crippen molar-refractivity contribution in [1.29, 1.82) is 0 Å². The molecule has 0 spiro atoms. The molecule has 10 heteroatoms. The van der Waals surface area contributed by atoms with E-state index in [1.165, 1.54) is 24.4 Å². The summed E-state index contributed by atoms with van der Waals surface area (Å²) in [6.07, 6.45) is -3.32. The molecule has 23 heavy (non-hydrogen) atoms. The summed E-state index contributed by atoms with van der Waals surface area (Å²) in [6.45, 7) is 0.0951. The minimum atomic E-state index is -4.53. The molecule has 2 heterocycles. The van der Waals surface area contributed by atoms with Crippen LogP contribution in [0.5, 0.6) is 5.88 Å². The zero-order chi connectivity index (χ0) is 16.9. The fourth-order valence-electron chi connectivity index (χ4n) is 1.61. The number of hydrogen-bond acceptors (Lipinski definition) is 6. The second kappa shape index (κ2) is 6.90. The molecule has 122 valence electrons. The first-order chi connectivity index (χ1) is 10.9. The highest BCUT2D eigenvalue weighted by molar-refractivity contribution is 5.90. The molecule has 0 fully saturated rings.